The molecule has 0 aromatic heterocycles. The summed E-state index contributed by atoms with van der Waals surface area (Å²) < 4.78 is 0. The maximum absolute atomic E-state index is 12.4. The minimum absolute atomic E-state index is 0.168. The van der Waals surface area contributed by atoms with Crippen LogP contribution in [0.25, 0.3) is 0 Å². The Kier molecular flexibility index (Phi) is 6.00. The van der Waals surface area contributed by atoms with Crippen LogP contribution in [0.4, 0.5) is 10.5 Å². The summed E-state index contributed by atoms with van der Waals surface area (Å²) in [4.78, 5) is 16.2. The van der Waals surface area contributed by atoms with Crippen molar-refractivity contribution in [2.45, 2.75) is 6.04 Å². The van der Waals surface area contributed by atoms with Gasteiger partial charge in [-0.25, -0.2) is 4.79 Å². The van der Waals surface area contributed by atoms with Gasteiger partial charge in [-0.15, -0.1) is 0 Å². The largest absolute Gasteiger partial charge is 0.322 e. The van der Waals surface area contributed by atoms with Crippen LogP contribution >= 0.6 is 23.2 Å². The van der Waals surface area contributed by atoms with Crippen LogP contribution in [-0.2, 0) is 0 Å². The van der Waals surface area contributed by atoms with Crippen molar-refractivity contribution >= 4 is 34.9 Å². The van der Waals surface area contributed by atoms with E-state index in [0.29, 0.717) is 41.9 Å². The van der Waals surface area contributed by atoms with E-state index in [1.54, 1.807) is 35.2 Å². The summed E-state index contributed by atoms with van der Waals surface area (Å²) in [5.41, 5.74) is 1.46. The third kappa shape index (κ3) is 4.28. The second-order valence-electron chi connectivity index (χ2n) is 6.02. The van der Waals surface area contributed by atoms with Crippen molar-refractivity contribution in [3.05, 3.63) is 64.1 Å². The van der Waals surface area contributed by atoms with E-state index >= 15 is 0 Å². The van der Waals surface area contributed by atoms with Crippen molar-refractivity contribution in [1.29, 1.82) is 5.26 Å². The molecule has 1 atom stereocenters. The van der Waals surface area contributed by atoms with Crippen molar-refractivity contribution in [2.75, 3.05) is 31.5 Å². The SMILES string of the molecule is N#CC(c1ccccc1Cl)N1CCN(C(=O)Nc2cccc(Cl)c2)CC1. The first kappa shape index (κ1) is 18.5. The van der Waals surface area contributed by atoms with Crippen LogP contribution in [0.3, 0.4) is 0 Å². The molecule has 0 aliphatic carbocycles. The smallest absolute Gasteiger partial charge is 0.321 e. The molecule has 2 amide bonds. The van der Waals surface area contributed by atoms with Crippen molar-refractivity contribution in [3.8, 4) is 6.07 Å². The third-order valence-corrected chi connectivity index (χ3v) is 4.94. The van der Waals surface area contributed by atoms with Gasteiger partial charge in [0.1, 0.15) is 6.04 Å². The monoisotopic (exact) mass is 388 g/mol. The van der Waals surface area contributed by atoms with E-state index in [4.69, 9.17) is 23.2 Å². The molecule has 0 saturated carbocycles. The molecule has 7 heteroatoms. The predicted molar refractivity (Wildman–Crippen MR) is 103 cm³/mol. The Hall–Kier alpha value is -2.26. The van der Waals surface area contributed by atoms with Gasteiger partial charge in [0.05, 0.1) is 6.07 Å². The Balaban J connectivity index is 1.61. The third-order valence-electron chi connectivity index (χ3n) is 4.36. The highest BCUT2D eigenvalue weighted by Gasteiger charge is 2.28. The Morgan fingerprint density at radius 3 is 2.46 bits per heavy atom. The van der Waals surface area contributed by atoms with E-state index in [1.165, 1.54) is 0 Å². The van der Waals surface area contributed by atoms with Gasteiger partial charge < -0.3 is 10.2 Å². The first-order chi connectivity index (χ1) is 12.6. The van der Waals surface area contributed by atoms with E-state index in [-0.39, 0.29) is 6.03 Å². The molecular weight excluding hydrogens is 371 g/mol. The Morgan fingerprint density at radius 2 is 1.81 bits per heavy atom. The van der Waals surface area contributed by atoms with E-state index in [1.807, 2.05) is 23.1 Å². The number of carbonyl (C=O) groups is 1. The lowest BCUT2D eigenvalue weighted by atomic mass is 10.1. The van der Waals surface area contributed by atoms with Crippen LogP contribution in [0.5, 0.6) is 0 Å². The van der Waals surface area contributed by atoms with Crippen molar-refractivity contribution in [3.63, 3.8) is 0 Å². The molecule has 1 unspecified atom stereocenters. The Labute approximate surface area is 162 Å². The van der Waals surface area contributed by atoms with Crippen LogP contribution in [0.1, 0.15) is 11.6 Å². The van der Waals surface area contributed by atoms with Gasteiger partial charge in [-0.05, 0) is 24.3 Å². The van der Waals surface area contributed by atoms with Crippen LogP contribution in [0.2, 0.25) is 10.0 Å². The first-order valence-electron chi connectivity index (χ1n) is 8.28. The molecule has 1 heterocycles. The number of nitriles is 1. The van der Waals surface area contributed by atoms with Gasteiger partial charge in [0.15, 0.2) is 0 Å². The Bertz CT molecular complexity index is 828. The highest BCUT2D eigenvalue weighted by Crippen LogP contribution is 2.28. The number of amides is 2. The summed E-state index contributed by atoms with van der Waals surface area (Å²) in [5, 5.41) is 13.6. The molecule has 0 spiro atoms. The number of carbonyl (C=O) groups excluding carboxylic acids is 1. The van der Waals surface area contributed by atoms with Gasteiger partial charge in [-0.3, -0.25) is 4.90 Å². The summed E-state index contributed by atoms with van der Waals surface area (Å²) in [5.74, 6) is 0. The molecule has 1 aliphatic heterocycles. The van der Waals surface area contributed by atoms with E-state index in [0.717, 1.165) is 5.56 Å². The van der Waals surface area contributed by atoms with E-state index < -0.39 is 6.04 Å². The maximum atomic E-state index is 12.4. The second-order valence-corrected chi connectivity index (χ2v) is 6.86. The summed E-state index contributed by atoms with van der Waals surface area (Å²) in [7, 11) is 0. The zero-order valence-electron chi connectivity index (χ0n) is 14.0. The van der Waals surface area contributed by atoms with Gasteiger partial charge in [0.25, 0.3) is 0 Å². The molecule has 3 rings (SSSR count). The van der Waals surface area contributed by atoms with Crippen LogP contribution in [-0.4, -0.2) is 42.0 Å². The normalized spacial score (nSPS) is 16.0. The number of rotatable bonds is 3. The molecule has 2 aromatic rings. The lowest BCUT2D eigenvalue weighted by Crippen LogP contribution is -2.50. The molecular formula is C19H18Cl2N4O. The lowest BCUT2D eigenvalue weighted by Gasteiger charge is -2.37. The number of hydrogen-bond acceptors (Lipinski definition) is 3. The summed E-state index contributed by atoms with van der Waals surface area (Å²) in [6.07, 6.45) is 0. The number of hydrogen-bond donors (Lipinski definition) is 1. The molecule has 2 aromatic carbocycles. The quantitative estimate of drug-likeness (QED) is 0.846. The fourth-order valence-corrected chi connectivity index (χ4v) is 3.43. The second kappa shape index (κ2) is 8.41. The number of nitrogens with zero attached hydrogens (tertiary/aromatic N) is 3. The van der Waals surface area contributed by atoms with Gasteiger partial charge in [0, 0.05) is 47.5 Å². The molecule has 1 aliphatic rings. The Morgan fingerprint density at radius 1 is 1.08 bits per heavy atom. The number of nitrogens with one attached hydrogen (secondary N) is 1. The average Bonchev–Trinajstić information content (AvgIpc) is 2.64. The van der Waals surface area contributed by atoms with Crippen molar-refractivity contribution in [2.24, 2.45) is 0 Å². The fraction of sp³-hybridized carbons (Fsp3) is 0.263. The minimum atomic E-state index is -0.415. The highest BCUT2D eigenvalue weighted by molar-refractivity contribution is 6.31. The van der Waals surface area contributed by atoms with Gasteiger partial charge in [0.2, 0.25) is 0 Å². The van der Waals surface area contributed by atoms with E-state index in [2.05, 4.69) is 11.4 Å². The number of piperazine rings is 1. The molecule has 1 saturated heterocycles. The number of urea groups is 1. The van der Waals surface area contributed by atoms with Gasteiger partial charge in [-0.1, -0.05) is 47.5 Å². The number of anilines is 1. The van der Waals surface area contributed by atoms with Crippen molar-refractivity contribution < 1.29 is 4.79 Å². The maximum Gasteiger partial charge on any atom is 0.321 e. The molecule has 0 bridgehead atoms. The number of benzene rings is 2. The van der Waals surface area contributed by atoms with Gasteiger partial charge >= 0.3 is 6.03 Å². The van der Waals surface area contributed by atoms with Crippen LogP contribution < -0.4 is 5.32 Å². The zero-order chi connectivity index (χ0) is 18.5. The minimum Gasteiger partial charge on any atom is -0.322 e. The molecule has 0 radical (unpaired) electrons. The molecule has 1 N–H and O–H groups in total. The predicted octanol–water partition coefficient (Wildman–Crippen LogP) is 4.41. The van der Waals surface area contributed by atoms with E-state index in [9.17, 15) is 10.1 Å². The summed E-state index contributed by atoms with van der Waals surface area (Å²) >= 11 is 12.2. The van der Waals surface area contributed by atoms with Crippen LogP contribution in [0.15, 0.2) is 48.5 Å². The summed E-state index contributed by atoms with van der Waals surface area (Å²) in [6, 6.07) is 16.2. The standard InChI is InChI=1S/C19H18Cl2N4O/c20-14-4-3-5-15(12-14)23-19(26)25-10-8-24(9-11-25)18(13-22)16-6-1-2-7-17(16)21/h1-7,12,18H,8-11H2,(H,23,26). The van der Waals surface area contributed by atoms with Crippen molar-refractivity contribution in [1.82, 2.24) is 9.80 Å². The average molecular weight is 389 g/mol. The molecule has 26 heavy (non-hydrogen) atoms. The topological polar surface area (TPSA) is 59.4 Å². The zero-order valence-corrected chi connectivity index (χ0v) is 15.5. The highest BCUT2D eigenvalue weighted by atomic mass is 35.5. The van der Waals surface area contributed by atoms with Crippen LogP contribution in [0, 0.1) is 11.3 Å². The molecule has 1 fully saturated rings. The molecule has 134 valence electrons. The fourth-order valence-electron chi connectivity index (χ4n) is 3.00. The van der Waals surface area contributed by atoms with Gasteiger partial charge in [-0.2, -0.15) is 5.26 Å². The number of halogens is 2. The first-order valence-corrected chi connectivity index (χ1v) is 9.03. The molecule has 5 nitrogen and oxygen atoms in total. The lowest BCUT2D eigenvalue weighted by molar-refractivity contribution is 0.131. The summed E-state index contributed by atoms with van der Waals surface area (Å²) in [6.45, 7) is 2.28.